The summed E-state index contributed by atoms with van der Waals surface area (Å²) in [4.78, 5) is 19.3. The lowest BCUT2D eigenvalue weighted by Gasteiger charge is -2.33. The van der Waals surface area contributed by atoms with Crippen molar-refractivity contribution in [3.63, 3.8) is 0 Å². The van der Waals surface area contributed by atoms with Crippen molar-refractivity contribution >= 4 is 16.8 Å². The minimum Gasteiger partial charge on any atom is -0.335 e. The van der Waals surface area contributed by atoms with Crippen LogP contribution in [0, 0.1) is 0 Å². The van der Waals surface area contributed by atoms with E-state index in [9.17, 15) is 4.79 Å². The number of imidazole rings is 1. The first-order valence-corrected chi connectivity index (χ1v) is 8.52. The van der Waals surface area contributed by atoms with Crippen LogP contribution in [0.15, 0.2) is 36.7 Å². The van der Waals surface area contributed by atoms with E-state index in [4.69, 9.17) is 0 Å². The smallest absolute Gasteiger partial charge is 0.275 e. The zero-order valence-corrected chi connectivity index (χ0v) is 13.8. The monoisotopic (exact) mass is 323 g/mol. The number of aryl methyl sites for hydroxylation is 1. The van der Waals surface area contributed by atoms with Crippen LogP contribution in [0.1, 0.15) is 42.1 Å². The molecular weight excluding hydrogens is 302 g/mol. The summed E-state index contributed by atoms with van der Waals surface area (Å²) in [5.74, 6) is 1.09. The molecule has 1 fully saturated rings. The zero-order chi connectivity index (χ0) is 16.5. The number of nitrogens with zero attached hydrogens (tertiary/aromatic N) is 4. The standard InChI is InChI=1S/C18H21N5O/c1-2-16-19-9-11-23(16)13-6-5-10-22(12-13)18(24)17-14-7-3-4-8-15(14)20-21-17/h3-4,7-9,11,13H,2,5-6,10,12H2,1H3,(H,20,21). The van der Waals surface area contributed by atoms with Crippen molar-refractivity contribution in [2.45, 2.75) is 32.2 Å². The van der Waals surface area contributed by atoms with Gasteiger partial charge in [0.2, 0.25) is 0 Å². The maximum Gasteiger partial charge on any atom is 0.275 e. The van der Waals surface area contributed by atoms with Gasteiger partial charge in [-0.3, -0.25) is 9.89 Å². The van der Waals surface area contributed by atoms with Crippen molar-refractivity contribution in [1.82, 2.24) is 24.6 Å². The van der Waals surface area contributed by atoms with E-state index in [1.54, 1.807) is 0 Å². The van der Waals surface area contributed by atoms with Gasteiger partial charge in [0, 0.05) is 37.3 Å². The number of rotatable bonds is 3. The van der Waals surface area contributed by atoms with Gasteiger partial charge in [0.1, 0.15) is 5.82 Å². The Balaban J connectivity index is 1.59. The first-order valence-electron chi connectivity index (χ1n) is 8.52. The van der Waals surface area contributed by atoms with E-state index < -0.39 is 0 Å². The second kappa shape index (κ2) is 6.11. The number of H-pyrrole nitrogens is 1. The van der Waals surface area contributed by atoms with Gasteiger partial charge < -0.3 is 9.47 Å². The molecule has 1 aromatic carbocycles. The van der Waals surface area contributed by atoms with Gasteiger partial charge in [-0.1, -0.05) is 25.1 Å². The van der Waals surface area contributed by atoms with Gasteiger partial charge in [-0.05, 0) is 18.9 Å². The highest BCUT2D eigenvalue weighted by Crippen LogP contribution is 2.25. The van der Waals surface area contributed by atoms with Crippen LogP contribution in [0.3, 0.4) is 0 Å². The Morgan fingerprint density at radius 1 is 1.38 bits per heavy atom. The van der Waals surface area contributed by atoms with Gasteiger partial charge in [0.15, 0.2) is 5.69 Å². The van der Waals surface area contributed by atoms with Crippen LogP contribution in [0.4, 0.5) is 0 Å². The van der Waals surface area contributed by atoms with Gasteiger partial charge in [0.05, 0.1) is 11.6 Å². The van der Waals surface area contributed by atoms with Crippen molar-refractivity contribution < 1.29 is 4.79 Å². The Hall–Kier alpha value is -2.63. The molecule has 2 aromatic heterocycles. The Labute approximate surface area is 140 Å². The molecule has 0 bridgehead atoms. The van der Waals surface area contributed by atoms with Crippen molar-refractivity contribution in [3.05, 3.63) is 48.2 Å². The lowest BCUT2D eigenvalue weighted by molar-refractivity contribution is 0.0674. The number of aromatic amines is 1. The highest BCUT2D eigenvalue weighted by atomic mass is 16.2. The van der Waals surface area contributed by atoms with E-state index in [1.165, 1.54) is 0 Å². The van der Waals surface area contributed by atoms with Crippen molar-refractivity contribution in [1.29, 1.82) is 0 Å². The van der Waals surface area contributed by atoms with Crippen LogP contribution in [-0.2, 0) is 6.42 Å². The predicted molar refractivity (Wildman–Crippen MR) is 91.9 cm³/mol. The van der Waals surface area contributed by atoms with Gasteiger partial charge in [-0.25, -0.2) is 4.98 Å². The number of para-hydroxylation sites is 1. The number of hydrogen-bond acceptors (Lipinski definition) is 3. The van der Waals surface area contributed by atoms with Crippen molar-refractivity contribution in [2.75, 3.05) is 13.1 Å². The zero-order valence-electron chi connectivity index (χ0n) is 13.8. The molecule has 0 spiro atoms. The molecule has 4 rings (SSSR count). The topological polar surface area (TPSA) is 66.8 Å². The summed E-state index contributed by atoms with van der Waals surface area (Å²) in [6.07, 6.45) is 6.86. The molecule has 1 saturated heterocycles. The first kappa shape index (κ1) is 14.9. The van der Waals surface area contributed by atoms with Crippen LogP contribution >= 0.6 is 0 Å². The molecule has 1 atom stereocenters. The SMILES string of the molecule is CCc1nccn1C1CCCN(C(=O)c2n[nH]c3ccccc23)C1. The normalized spacial score (nSPS) is 18.2. The van der Waals surface area contributed by atoms with E-state index in [0.29, 0.717) is 18.3 Å². The number of carbonyl (C=O) groups excluding carboxylic acids is 1. The highest BCUT2D eigenvalue weighted by Gasteiger charge is 2.28. The van der Waals surface area contributed by atoms with Gasteiger partial charge in [-0.2, -0.15) is 5.10 Å². The van der Waals surface area contributed by atoms with E-state index >= 15 is 0 Å². The summed E-state index contributed by atoms with van der Waals surface area (Å²) in [7, 11) is 0. The molecule has 1 N–H and O–H groups in total. The molecular formula is C18H21N5O. The fourth-order valence-electron chi connectivity index (χ4n) is 3.59. The molecule has 6 nitrogen and oxygen atoms in total. The Bertz CT molecular complexity index is 865. The summed E-state index contributed by atoms with van der Waals surface area (Å²) >= 11 is 0. The molecule has 3 aromatic rings. The van der Waals surface area contributed by atoms with Gasteiger partial charge in [0.25, 0.3) is 5.91 Å². The molecule has 3 heterocycles. The Kier molecular flexibility index (Phi) is 3.80. The largest absolute Gasteiger partial charge is 0.335 e. The first-order chi connectivity index (χ1) is 11.8. The number of likely N-dealkylation sites (tertiary alicyclic amines) is 1. The van der Waals surface area contributed by atoms with E-state index in [2.05, 4.69) is 26.7 Å². The number of aromatic nitrogens is 4. The molecule has 1 unspecified atom stereocenters. The van der Waals surface area contributed by atoms with Crippen LogP contribution in [-0.4, -0.2) is 43.6 Å². The molecule has 1 aliphatic rings. The lowest BCUT2D eigenvalue weighted by atomic mass is 10.0. The summed E-state index contributed by atoms with van der Waals surface area (Å²) < 4.78 is 2.22. The quantitative estimate of drug-likeness (QED) is 0.806. The maximum atomic E-state index is 13.0. The number of piperidine rings is 1. The summed E-state index contributed by atoms with van der Waals surface area (Å²) in [6.45, 7) is 3.61. The second-order valence-electron chi connectivity index (χ2n) is 6.27. The third-order valence-electron chi connectivity index (χ3n) is 4.82. The Morgan fingerprint density at radius 2 is 2.25 bits per heavy atom. The predicted octanol–water partition coefficient (Wildman–Crippen LogP) is 2.80. The minimum absolute atomic E-state index is 0.00955. The van der Waals surface area contributed by atoms with Crippen LogP contribution < -0.4 is 0 Å². The van der Waals surface area contributed by atoms with Gasteiger partial charge in [-0.15, -0.1) is 0 Å². The number of hydrogen-bond donors (Lipinski definition) is 1. The van der Waals surface area contributed by atoms with Crippen molar-refractivity contribution in [3.8, 4) is 0 Å². The van der Waals surface area contributed by atoms with Crippen molar-refractivity contribution in [2.24, 2.45) is 0 Å². The Morgan fingerprint density at radius 3 is 3.12 bits per heavy atom. The molecule has 0 saturated carbocycles. The maximum absolute atomic E-state index is 13.0. The lowest BCUT2D eigenvalue weighted by Crippen LogP contribution is -2.41. The fourth-order valence-corrected chi connectivity index (χ4v) is 3.59. The molecule has 1 aliphatic heterocycles. The number of amides is 1. The average molecular weight is 323 g/mol. The third kappa shape index (κ3) is 2.48. The van der Waals surface area contributed by atoms with E-state index in [1.807, 2.05) is 41.6 Å². The number of fused-ring (bicyclic) bond motifs is 1. The molecule has 1 amide bonds. The highest BCUT2D eigenvalue weighted by molar-refractivity contribution is 6.04. The van der Waals surface area contributed by atoms with E-state index in [0.717, 1.165) is 42.5 Å². The summed E-state index contributed by atoms with van der Waals surface area (Å²) in [6, 6.07) is 8.06. The summed E-state index contributed by atoms with van der Waals surface area (Å²) in [5, 5.41) is 8.10. The summed E-state index contributed by atoms with van der Waals surface area (Å²) in [5.41, 5.74) is 1.42. The average Bonchev–Trinajstić information content (AvgIpc) is 3.28. The van der Waals surface area contributed by atoms with Crippen LogP contribution in [0.5, 0.6) is 0 Å². The molecule has 124 valence electrons. The number of carbonyl (C=O) groups is 1. The van der Waals surface area contributed by atoms with Crippen LogP contribution in [0.25, 0.3) is 10.9 Å². The molecule has 24 heavy (non-hydrogen) atoms. The molecule has 0 aliphatic carbocycles. The van der Waals surface area contributed by atoms with E-state index in [-0.39, 0.29) is 5.91 Å². The van der Waals surface area contributed by atoms with Crippen LogP contribution in [0.2, 0.25) is 0 Å². The molecule has 0 radical (unpaired) electrons. The third-order valence-corrected chi connectivity index (χ3v) is 4.82. The van der Waals surface area contributed by atoms with Gasteiger partial charge >= 0.3 is 0 Å². The number of benzene rings is 1. The molecule has 6 heteroatoms. The second-order valence-corrected chi connectivity index (χ2v) is 6.27. The minimum atomic E-state index is 0.00955. The fraction of sp³-hybridized carbons (Fsp3) is 0.389. The number of nitrogens with one attached hydrogen (secondary N) is 1.